The maximum Gasteiger partial charge on any atom is 0.407 e. The average molecular weight is 619 g/mol. The molecule has 0 radical (unpaired) electrons. The predicted octanol–water partition coefficient (Wildman–Crippen LogP) is 2.87. The number of hydrogen-bond acceptors (Lipinski definition) is 9. The van der Waals surface area contributed by atoms with Crippen LogP contribution < -0.4 is 16.8 Å². The Hall–Kier alpha value is -2.74. The second kappa shape index (κ2) is 14.8. The van der Waals surface area contributed by atoms with Crippen molar-refractivity contribution >= 4 is 21.8 Å². The highest BCUT2D eigenvalue weighted by atomic mass is 32.2. The van der Waals surface area contributed by atoms with Gasteiger partial charge in [0.05, 0.1) is 36.2 Å². The van der Waals surface area contributed by atoms with Crippen LogP contribution >= 0.6 is 0 Å². The number of anilines is 1. The fraction of sp³-hybridized carbons (Fsp3) is 0.581. The van der Waals surface area contributed by atoms with Gasteiger partial charge in [0.25, 0.3) is 0 Å². The highest BCUT2D eigenvalue weighted by Crippen LogP contribution is 2.33. The summed E-state index contributed by atoms with van der Waals surface area (Å²) >= 11 is 0. The summed E-state index contributed by atoms with van der Waals surface area (Å²) in [4.78, 5) is 13.2. The van der Waals surface area contributed by atoms with Crippen LogP contribution in [0.4, 0.5) is 10.5 Å². The number of amides is 1. The Morgan fingerprint density at radius 2 is 1.86 bits per heavy atom. The van der Waals surface area contributed by atoms with E-state index in [0.717, 1.165) is 31.2 Å². The Balaban J connectivity index is 1.55. The van der Waals surface area contributed by atoms with Crippen LogP contribution in [0.1, 0.15) is 45.1 Å². The molecule has 2 aliphatic rings. The van der Waals surface area contributed by atoms with Crippen molar-refractivity contribution < 1.29 is 32.5 Å². The first-order valence-electron chi connectivity index (χ1n) is 15.0. The van der Waals surface area contributed by atoms with Gasteiger partial charge in [0, 0.05) is 18.8 Å². The minimum Gasteiger partial charge on any atom is -0.443 e. The number of alkyl carbamates (subject to hydrolysis) is 1. The molecular weight excluding hydrogens is 572 g/mol. The first-order valence-corrected chi connectivity index (χ1v) is 16.4. The molecule has 2 fully saturated rings. The third kappa shape index (κ3) is 9.13. The molecule has 2 heterocycles. The van der Waals surface area contributed by atoms with Crippen LogP contribution in [-0.4, -0.2) is 81.3 Å². The van der Waals surface area contributed by atoms with Gasteiger partial charge in [0.15, 0.2) is 6.29 Å². The van der Waals surface area contributed by atoms with Crippen molar-refractivity contribution in [1.82, 2.24) is 9.62 Å². The number of nitrogens with one attached hydrogen (secondary N) is 1. The molecule has 0 unspecified atom stereocenters. The maximum atomic E-state index is 13.9. The van der Waals surface area contributed by atoms with Gasteiger partial charge < -0.3 is 36.1 Å². The molecule has 4 rings (SSSR count). The Morgan fingerprint density at radius 1 is 1.14 bits per heavy atom. The van der Waals surface area contributed by atoms with Gasteiger partial charge in [0.2, 0.25) is 10.0 Å². The highest BCUT2D eigenvalue weighted by molar-refractivity contribution is 7.89. The number of aliphatic hydroxyl groups is 1. The van der Waals surface area contributed by atoms with Crippen molar-refractivity contribution in [1.29, 1.82) is 0 Å². The summed E-state index contributed by atoms with van der Waals surface area (Å²) in [5.74, 6) is -0.0368. The van der Waals surface area contributed by atoms with Gasteiger partial charge in [-0.1, -0.05) is 50.6 Å². The lowest BCUT2D eigenvalue weighted by Crippen LogP contribution is -2.52. The number of aliphatic hydroxyl groups excluding tert-OH is 1. The minimum absolute atomic E-state index is 0.0368. The van der Waals surface area contributed by atoms with Crippen molar-refractivity contribution in [2.75, 3.05) is 38.6 Å². The van der Waals surface area contributed by atoms with Crippen molar-refractivity contribution in [2.24, 2.45) is 17.1 Å². The molecule has 5 atom stereocenters. The molecule has 43 heavy (non-hydrogen) atoms. The largest absolute Gasteiger partial charge is 0.443 e. The van der Waals surface area contributed by atoms with E-state index in [4.69, 9.17) is 25.7 Å². The molecule has 238 valence electrons. The summed E-state index contributed by atoms with van der Waals surface area (Å²) in [6.45, 7) is 5.27. The minimum atomic E-state index is -4.02. The maximum absolute atomic E-state index is 13.9. The van der Waals surface area contributed by atoms with E-state index in [1.54, 1.807) is 0 Å². The molecule has 0 bridgehead atoms. The van der Waals surface area contributed by atoms with Crippen molar-refractivity contribution in [2.45, 2.75) is 75.4 Å². The zero-order chi connectivity index (χ0) is 31.0. The summed E-state index contributed by atoms with van der Waals surface area (Å²) in [6, 6.07) is 14.6. The first-order chi connectivity index (χ1) is 20.5. The molecule has 0 saturated carbocycles. The second-order valence-corrected chi connectivity index (χ2v) is 14.2. The Kier molecular flexibility index (Phi) is 11.4. The molecule has 1 amide bonds. The van der Waals surface area contributed by atoms with E-state index < -0.39 is 39.8 Å². The van der Waals surface area contributed by atoms with Gasteiger partial charge >= 0.3 is 6.09 Å². The van der Waals surface area contributed by atoms with Crippen molar-refractivity contribution in [3.8, 4) is 0 Å². The third-order valence-electron chi connectivity index (χ3n) is 8.13. The number of fused-ring (bicyclic) bond motifs is 1. The quantitative estimate of drug-likeness (QED) is 0.173. The van der Waals surface area contributed by atoms with Gasteiger partial charge in [-0.3, -0.25) is 0 Å². The van der Waals surface area contributed by atoms with E-state index in [9.17, 15) is 18.3 Å². The monoisotopic (exact) mass is 618 g/mol. The third-order valence-corrected chi connectivity index (χ3v) is 9.96. The van der Waals surface area contributed by atoms with E-state index in [0.29, 0.717) is 18.8 Å². The first kappa shape index (κ1) is 33.2. The standard InChI is InChI=1S/C31H46N4O7S/c1-31(2,15-6-7-16-32)21-35(43(38,39)24-12-10-23(33)11-13-24)19-27(36)26(18-22-8-4-3-5-9-22)34-30(37)42-28-20-41-29-25(28)14-17-40-29/h3-5,8-13,25-29,36H,6-7,14-21,32-33H2,1-2H3,(H,34,37)/t25-,26-,27-,28-,29+/m0/s1. The van der Waals surface area contributed by atoms with E-state index >= 15 is 0 Å². The SMILES string of the molecule is CC(C)(CCCCN)CN(C[C@H](O)[C@H](Cc1ccccc1)NC(=O)O[C@H]1CO[C@H]2OCC[C@H]21)S(=O)(=O)c1ccc(N)cc1. The zero-order valence-corrected chi connectivity index (χ0v) is 25.9. The molecule has 2 aromatic rings. The van der Waals surface area contributed by atoms with Crippen molar-refractivity contribution in [3.05, 3.63) is 60.2 Å². The summed E-state index contributed by atoms with van der Waals surface area (Å²) in [6.07, 6.45) is 0.658. The predicted molar refractivity (Wildman–Crippen MR) is 163 cm³/mol. The number of nitrogens with zero attached hydrogens (tertiary/aromatic N) is 1. The van der Waals surface area contributed by atoms with Crippen LogP contribution in [0.3, 0.4) is 0 Å². The fourth-order valence-electron chi connectivity index (χ4n) is 5.70. The number of carbonyl (C=O) groups excluding carboxylic acids is 1. The van der Waals surface area contributed by atoms with Gasteiger partial charge in [-0.2, -0.15) is 4.31 Å². The smallest absolute Gasteiger partial charge is 0.407 e. The van der Waals surface area contributed by atoms with Crippen LogP contribution in [0.25, 0.3) is 0 Å². The Labute approximate surface area is 254 Å². The number of benzene rings is 2. The average Bonchev–Trinajstić information content (AvgIpc) is 3.58. The number of hydrogen-bond donors (Lipinski definition) is 4. The summed E-state index contributed by atoms with van der Waals surface area (Å²) in [5, 5.41) is 14.4. The number of sulfonamides is 1. The van der Waals surface area contributed by atoms with Gasteiger partial charge in [-0.15, -0.1) is 0 Å². The topological polar surface area (TPSA) is 166 Å². The van der Waals surface area contributed by atoms with Crippen molar-refractivity contribution in [3.63, 3.8) is 0 Å². The molecule has 2 saturated heterocycles. The lowest BCUT2D eigenvalue weighted by Gasteiger charge is -2.35. The lowest BCUT2D eigenvalue weighted by atomic mass is 9.87. The summed E-state index contributed by atoms with van der Waals surface area (Å²) < 4.78 is 46.0. The summed E-state index contributed by atoms with van der Waals surface area (Å²) in [5.41, 5.74) is 12.4. The molecular formula is C31H46N4O7S. The Bertz CT molecular complexity index is 1280. The zero-order valence-electron chi connectivity index (χ0n) is 25.1. The highest BCUT2D eigenvalue weighted by Gasteiger charge is 2.44. The van der Waals surface area contributed by atoms with Crippen LogP contribution in [0.5, 0.6) is 0 Å². The summed E-state index contributed by atoms with van der Waals surface area (Å²) in [7, 11) is -4.02. The van der Waals surface area contributed by atoms with Crippen LogP contribution in [0.15, 0.2) is 59.5 Å². The molecule has 2 aliphatic heterocycles. The molecule has 6 N–H and O–H groups in total. The van der Waals surface area contributed by atoms with Gasteiger partial charge in [-0.25, -0.2) is 13.2 Å². The van der Waals surface area contributed by atoms with Crippen LogP contribution in [0.2, 0.25) is 0 Å². The number of ether oxygens (including phenoxy) is 3. The number of nitrogen functional groups attached to an aromatic ring is 1. The van der Waals surface area contributed by atoms with E-state index in [1.807, 2.05) is 44.2 Å². The van der Waals surface area contributed by atoms with Gasteiger partial charge in [0.1, 0.15) is 6.10 Å². The number of rotatable bonds is 15. The van der Waals surface area contributed by atoms with Crippen LogP contribution in [-0.2, 0) is 30.7 Å². The molecule has 2 aromatic carbocycles. The van der Waals surface area contributed by atoms with Crippen LogP contribution in [0, 0.1) is 11.3 Å². The molecule has 0 aliphatic carbocycles. The lowest BCUT2D eigenvalue weighted by molar-refractivity contribution is -0.0907. The molecule has 12 heteroatoms. The number of nitrogens with two attached hydrogens (primary N) is 2. The molecule has 0 aromatic heterocycles. The molecule has 0 spiro atoms. The number of carbonyl (C=O) groups is 1. The second-order valence-electron chi connectivity index (χ2n) is 12.3. The van der Waals surface area contributed by atoms with Gasteiger partial charge in [-0.05, 0) is 67.5 Å². The molecule has 11 nitrogen and oxygen atoms in total. The normalized spacial score (nSPS) is 21.8. The number of unbranched alkanes of at least 4 members (excludes halogenated alkanes) is 1. The Morgan fingerprint density at radius 3 is 2.56 bits per heavy atom. The fourth-order valence-corrected chi connectivity index (χ4v) is 7.35. The van der Waals surface area contributed by atoms with E-state index in [-0.39, 0.29) is 43.2 Å². The van der Waals surface area contributed by atoms with E-state index in [1.165, 1.54) is 28.6 Å². The van der Waals surface area contributed by atoms with E-state index in [2.05, 4.69) is 5.32 Å².